The minimum atomic E-state index is -0.456. The van der Waals surface area contributed by atoms with Gasteiger partial charge in [0.25, 0.3) is 5.91 Å². The second-order valence-electron chi connectivity index (χ2n) is 5.28. The zero-order chi connectivity index (χ0) is 17.4. The van der Waals surface area contributed by atoms with Crippen LogP contribution in [0.3, 0.4) is 0 Å². The molecule has 24 heavy (non-hydrogen) atoms. The maximum absolute atomic E-state index is 13.0. The Morgan fingerprint density at radius 3 is 2.12 bits per heavy atom. The van der Waals surface area contributed by atoms with Gasteiger partial charge in [0, 0.05) is 17.7 Å². The van der Waals surface area contributed by atoms with Crippen LogP contribution in [0.15, 0.2) is 72.3 Å². The molecule has 4 nitrogen and oxygen atoms in total. The van der Waals surface area contributed by atoms with Crippen molar-refractivity contribution in [3.05, 3.63) is 77.9 Å². The van der Waals surface area contributed by atoms with Gasteiger partial charge in [-0.2, -0.15) is 0 Å². The van der Waals surface area contributed by atoms with Gasteiger partial charge in [0.2, 0.25) is 0 Å². The largest absolute Gasteiger partial charge is 0.468 e. The average molecular weight is 323 g/mol. The lowest BCUT2D eigenvalue weighted by Crippen LogP contribution is -2.37. The van der Waals surface area contributed by atoms with Gasteiger partial charge in [-0.15, -0.1) is 0 Å². The van der Waals surface area contributed by atoms with Gasteiger partial charge in [0.05, 0.1) is 7.11 Å². The second-order valence-corrected chi connectivity index (χ2v) is 5.28. The van der Waals surface area contributed by atoms with Crippen LogP contribution >= 0.6 is 0 Å². The molecular formula is C20H21NO3. The van der Waals surface area contributed by atoms with Crippen molar-refractivity contribution in [2.75, 3.05) is 18.6 Å². The monoisotopic (exact) mass is 323 g/mol. The van der Waals surface area contributed by atoms with Crippen molar-refractivity contribution < 1.29 is 14.3 Å². The molecule has 0 saturated carbocycles. The molecule has 1 amide bonds. The van der Waals surface area contributed by atoms with Crippen LogP contribution in [0.2, 0.25) is 0 Å². The highest BCUT2D eigenvalue weighted by Crippen LogP contribution is 2.18. The highest BCUT2D eigenvalue weighted by atomic mass is 16.5. The minimum absolute atomic E-state index is 0.120. The first-order chi connectivity index (χ1) is 11.7. The molecule has 0 atom stereocenters. The van der Waals surface area contributed by atoms with Crippen LogP contribution in [0.5, 0.6) is 0 Å². The summed E-state index contributed by atoms with van der Waals surface area (Å²) in [5.41, 5.74) is 2.35. The number of benzene rings is 2. The lowest BCUT2D eigenvalue weighted by Gasteiger charge is -2.23. The topological polar surface area (TPSA) is 46.6 Å². The van der Waals surface area contributed by atoms with E-state index in [1.807, 2.05) is 55.5 Å². The van der Waals surface area contributed by atoms with Crippen LogP contribution in [-0.4, -0.2) is 25.5 Å². The smallest absolute Gasteiger partial charge is 0.325 e. The number of hydrogen-bond donors (Lipinski definition) is 0. The molecule has 0 saturated heterocycles. The molecule has 0 heterocycles. The first kappa shape index (κ1) is 17.5. The molecule has 0 aromatic heterocycles. The Bertz CT molecular complexity index is 708. The highest BCUT2D eigenvalue weighted by molar-refractivity contribution is 6.08. The number of esters is 1. The van der Waals surface area contributed by atoms with Gasteiger partial charge < -0.3 is 4.74 Å². The Morgan fingerprint density at radius 2 is 1.58 bits per heavy atom. The first-order valence-electron chi connectivity index (χ1n) is 7.78. The molecule has 0 N–H and O–H groups in total. The van der Waals surface area contributed by atoms with Crippen molar-refractivity contribution in [2.24, 2.45) is 0 Å². The summed E-state index contributed by atoms with van der Waals surface area (Å²) in [5, 5.41) is 0. The van der Waals surface area contributed by atoms with Gasteiger partial charge in [-0.1, -0.05) is 54.6 Å². The van der Waals surface area contributed by atoms with Crippen molar-refractivity contribution in [1.82, 2.24) is 0 Å². The standard InChI is InChI=1S/C20H21NO3/c1-3-17(14-16-10-6-4-7-11-16)20(23)21(15-19(22)24-2)18-12-8-5-9-13-18/h3-13H,14-15H2,1-2H3. The zero-order valence-corrected chi connectivity index (χ0v) is 13.9. The summed E-state index contributed by atoms with van der Waals surface area (Å²) in [6, 6.07) is 18.9. The number of anilines is 1. The van der Waals surface area contributed by atoms with E-state index in [0.29, 0.717) is 17.7 Å². The molecule has 0 radical (unpaired) electrons. The third-order valence-corrected chi connectivity index (χ3v) is 3.69. The molecule has 0 unspecified atom stereocenters. The Kier molecular flexibility index (Phi) is 6.32. The van der Waals surface area contributed by atoms with Crippen LogP contribution in [0.1, 0.15) is 12.5 Å². The van der Waals surface area contributed by atoms with E-state index in [-0.39, 0.29) is 12.5 Å². The quantitative estimate of drug-likeness (QED) is 0.605. The Labute approximate surface area is 142 Å². The number of hydrogen-bond acceptors (Lipinski definition) is 3. The van der Waals surface area contributed by atoms with Gasteiger partial charge in [0.1, 0.15) is 6.54 Å². The van der Waals surface area contributed by atoms with Gasteiger partial charge in [0.15, 0.2) is 0 Å². The summed E-state index contributed by atoms with van der Waals surface area (Å²) in [6.07, 6.45) is 2.31. The van der Waals surface area contributed by atoms with Crippen LogP contribution in [0, 0.1) is 0 Å². The van der Waals surface area contributed by atoms with Crippen molar-refractivity contribution >= 4 is 17.6 Å². The van der Waals surface area contributed by atoms with E-state index in [1.54, 1.807) is 18.2 Å². The van der Waals surface area contributed by atoms with E-state index in [2.05, 4.69) is 0 Å². The molecule has 2 aromatic carbocycles. The average Bonchev–Trinajstić information content (AvgIpc) is 2.65. The predicted octanol–water partition coefficient (Wildman–Crippen LogP) is 3.38. The summed E-state index contributed by atoms with van der Waals surface area (Å²) in [4.78, 5) is 26.2. The summed E-state index contributed by atoms with van der Waals surface area (Å²) in [6.45, 7) is 1.71. The van der Waals surface area contributed by atoms with Crippen molar-refractivity contribution in [2.45, 2.75) is 13.3 Å². The van der Waals surface area contributed by atoms with Crippen molar-refractivity contribution in [3.8, 4) is 0 Å². The van der Waals surface area contributed by atoms with E-state index in [1.165, 1.54) is 12.0 Å². The maximum atomic E-state index is 13.0. The molecule has 0 fully saturated rings. The number of amides is 1. The number of allylic oxidation sites excluding steroid dienone is 1. The molecule has 0 aliphatic rings. The van der Waals surface area contributed by atoms with Gasteiger partial charge >= 0.3 is 5.97 Å². The molecule has 2 rings (SSSR count). The third kappa shape index (κ3) is 4.56. The molecular weight excluding hydrogens is 302 g/mol. The van der Waals surface area contributed by atoms with Gasteiger partial charge in [-0.25, -0.2) is 0 Å². The Balaban J connectivity index is 2.26. The molecule has 2 aromatic rings. The highest BCUT2D eigenvalue weighted by Gasteiger charge is 2.22. The Hall–Kier alpha value is -2.88. The number of ether oxygens (including phenoxy) is 1. The SMILES string of the molecule is CC=C(Cc1ccccc1)C(=O)N(CC(=O)OC)c1ccccc1. The summed E-state index contributed by atoms with van der Waals surface area (Å²) in [7, 11) is 1.32. The number of rotatable bonds is 6. The minimum Gasteiger partial charge on any atom is -0.468 e. The van der Waals surface area contributed by atoms with Crippen molar-refractivity contribution in [3.63, 3.8) is 0 Å². The zero-order valence-electron chi connectivity index (χ0n) is 13.9. The molecule has 0 aliphatic heterocycles. The number of nitrogens with zero attached hydrogens (tertiary/aromatic N) is 1. The Morgan fingerprint density at radius 1 is 1.00 bits per heavy atom. The first-order valence-corrected chi connectivity index (χ1v) is 7.78. The number of para-hydroxylation sites is 1. The van der Waals surface area contributed by atoms with Crippen LogP contribution in [-0.2, 0) is 20.7 Å². The molecule has 0 bridgehead atoms. The third-order valence-electron chi connectivity index (χ3n) is 3.69. The van der Waals surface area contributed by atoms with E-state index in [9.17, 15) is 9.59 Å². The fraction of sp³-hybridized carbons (Fsp3) is 0.200. The maximum Gasteiger partial charge on any atom is 0.325 e. The normalized spacial score (nSPS) is 11.0. The summed E-state index contributed by atoms with van der Waals surface area (Å²) < 4.78 is 4.73. The molecule has 0 aliphatic carbocycles. The number of carbonyl (C=O) groups excluding carboxylic acids is 2. The summed E-state index contributed by atoms with van der Waals surface area (Å²) in [5.74, 6) is -0.652. The van der Waals surface area contributed by atoms with Crippen LogP contribution in [0.4, 0.5) is 5.69 Å². The van der Waals surface area contributed by atoms with E-state index in [4.69, 9.17) is 4.74 Å². The summed E-state index contributed by atoms with van der Waals surface area (Å²) >= 11 is 0. The fourth-order valence-electron chi connectivity index (χ4n) is 2.37. The number of methoxy groups -OCH3 is 1. The van der Waals surface area contributed by atoms with Gasteiger partial charge in [-0.05, 0) is 24.6 Å². The number of carbonyl (C=O) groups is 2. The molecule has 0 spiro atoms. The van der Waals surface area contributed by atoms with Gasteiger partial charge in [-0.3, -0.25) is 14.5 Å². The lowest BCUT2D eigenvalue weighted by atomic mass is 10.0. The molecule has 4 heteroatoms. The van der Waals surface area contributed by atoms with Crippen LogP contribution < -0.4 is 4.90 Å². The predicted molar refractivity (Wildman–Crippen MR) is 94.7 cm³/mol. The van der Waals surface area contributed by atoms with E-state index < -0.39 is 5.97 Å². The van der Waals surface area contributed by atoms with E-state index in [0.717, 1.165) is 5.56 Å². The van der Waals surface area contributed by atoms with Crippen molar-refractivity contribution in [1.29, 1.82) is 0 Å². The lowest BCUT2D eigenvalue weighted by molar-refractivity contribution is -0.139. The van der Waals surface area contributed by atoms with E-state index >= 15 is 0 Å². The second kappa shape index (κ2) is 8.67. The fourth-order valence-corrected chi connectivity index (χ4v) is 2.37. The molecule has 124 valence electrons. The van der Waals surface area contributed by atoms with Crippen LogP contribution in [0.25, 0.3) is 0 Å².